The number of likely N-dealkylation sites (N-methyl/N-ethyl adjacent to an activating group) is 1. The highest BCUT2D eigenvalue weighted by molar-refractivity contribution is 7.10. The Kier molecular flexibility index (Phi) is 6.92. The van der Waals surface area contributed by atoms with Gasteiger partial charge in [0.05, 0.1) is 31.0 Å². The van der Waals surface area contributed by atoms with Crippen molar-refractivity contribution in [2.45, 2.75) is 6.04 Å². The summed E-state index contributed by atoms with van der Waals surface area (Å²) in [5.74, 6) is 0.922. The van der Waals surface area contributed by atoms with Gasteiger partial charge >= 0.3 is 6.03 Å². The van der Waals surface area contributed by atoms with E-state index in [0.717, 1.165) is 0 Å². The van der Waals surface area contributed by atoms with Crippen LogP contribution in [0.4, 0.5) is 10.5 Å². The number of urea groups is 1. The van der Waals surface area contributed by atoms with Crippen LogP contribution in [0, 0.1) is 0 Å². The van der Waals surface area contributed by atoms with E-state index in [0.29, 0.717) is 28.8 Å². The second kappa shape index (κ2) is 8.94. The van der Waals surface area contributed by atoms with Crippen molar-refractivity contribution < 1.29 is 14.3 Å². The number of hydrogen-bond acceptors (Lipinski definition) is 5. The fourth-order valence-corrected chi connectivity index (χ4v) is 3.49. The number of halogens is 1. The number of anilines is 1. The van der Waals surface area contributed by atoms with Gasteiger partial charge in [0.1, 0.15) is 11.5 Å². The summed E-state index contributed by atoms with van der Waals surface area (Å²) in [6, 6.07) is 7.07. The molecule has 0 fully saturated rings. The maximum absolute atomic E-state index is 12.3. The number of rotatable bonds is 7. The molecule has 1 aromatic carbocycles. The van der Waals surface area contributed by atoms with E-state index in [9.17, 15) is 4.79 Å². The number of benzene rings is 1. The highest BCUT2D eigenvalue weighted by Crippen LogP contribution is 2.35. The monoisotopic (exact) mass is 383 g/mol. The van der Waals surface area contributed by atoms with E-state index in [1.165, 1.54) is 19.1 Å². The van der Waals surface area contributed by atoms with E-state index >= 15 is 0 Å². The minimum atomic E-state index is -0.328. The number of carbonyl (C=O) groups is 1. The van der Waals surface area contributed by atoms with Crippen LogP contribution in [0.1, 0.15) is 10.9 Å². The van der Waals surface area contributed by atoms with Gasteiger partial charge < -0.3 is 25.0 Å². The first kappa shape index (κ1) is 19.4. The van der Waals surface area contributed by atoms with Gasteiger partial charge in [-0.2, -0.15) is 0 Å². The number of nitrogens with one attached hydrogen (secondary N) is 2. The Balaban J connectivity index is 2.05. The second-order valence-electron chi connectivity index (χ2n) is 5.52. The topological polar surface area (TPSA) is 62.8 Å². The van der Waals surface area contributed by atoms with Crippen LogP contribution < -0.4 is 20.1 Å². The third-order valence-corrected chi connectivity index (χ3v) is 4.94. The first-order chi connectivity index (χ1) is 12.0. The third kappa shape index (κ3) is 5.01. The summed E-state index contributed by atoms with van der Waals surface area (Å²) in [6.07, 6.45) is 0. The highest BCUT2D eigenvalue weighted by atomic mass is 35.5. The van der Waals surface area contributed by atoms with E-state index in [-0.39, 0.29) is 12.1 Å². The maximum atomic E-state index is 12.3. The molecule has 2 aromatic rings. The molecule has 25 heavy (non-hydrogen) atoms. The third-order valence-electron chi connectivity index (χ3n) is 3.67. The quantitative estimate of drug-likeness (QED) is 0.762. The van der Waals surface area contributed by atoms with Gasteiger partial charge in [-0.15, -0.1) is 11.3 Å². The Morgan fingerprint density at radius 3 is 2.56 bits per heavy atom. The maximum Gasteiger partial charge on any atom is 0.319 e. The summed E-state index contributed by atoms with van der Waals surface area (Å²) in [5, 5.41) is 8.10. The summed E-state index contributed by atoms with van der Waals surface area (Å²) in [7, 11) is 6.99. The number of thiophene rings is 1. The summed E-state index contributed by atoms with van der Waals surface area (Å²) in [4.78, 5) is 15.6. The van der Waals surface area contributed by atoms with Gasteiger partial charge in [0.25, 0.3) is 0 Å². The standard InChI is InChI=1S/C17H22ClN3O3S/c1-21(2)13(16-6-5-7-25-16)10-19-17(22)20-12-9-14(23-3)11(18)8-15(12)24-4/h5-9,13H,10H2,1-4H3,(H2,19,20,22). The van der Waals surface area contributed by atoms with Crippen molar-refractivity contribution in [2.24, 2.45) is 0 Å². The minimum Gasteiger partial charge on any atom is -0.495 e. The number of methoxy groups -OCH3 is 2. The molecule has 0 saturated carbocycles. The molecule has 2 rings (SSSR count). The SMILES string of the molecule is COc1cc(NC(=O)NCC(c2cccs2)N(C)C)c(OC)cc1Cl. The Morgan fingerprint density at radius 1 is 1.28 bits per heavy atom. The van der Waals surface area contributed by atoms with Crippen LogP contribution in [0.25, 0.3) is 0 Å². The number of carbonyl (C=O) groups excluding carboxylic acids is 1. The zero-order valence-electron chi connectivity index (χ0n) is 14.6. The van der Waals surface area contributed by atoms with E-state index < -0.39 is 0 Å². The Morgan fingerprint density at radius 2 is 2.00 bits per heavy atom. The zero-order chi connectivity index (χ0) is 18.4. The van der Waals surface area contributed by atoms with Gasteiger partial charge in [0.15, 0.2) is 0 Å². The first-order valence-corrected chi connectivity index (χ1v) is 8.88. The largest absolute Gasteiger partial charge is 0.495 e. The fraction of sp³-hybridized carbons (Fsp3) is 0.353. The number of amides is 2. The molecule has 0 bridgehead atoms. The van der Waals surface area contributed by atoms with Gasteiger partial charge in [0, 0.05) is 23.6 Å². The van der Waals surface area contributed by atoms with Crippen LogP contribution >= 0.6 is 22.9 Å². The smallest absolute Gasteiger partial charge is 0.319 e. The molecule has 0 aliphatic rings. The Hall–Kier alpha value is -1.96. The number of nitrogens with zero attached hydrogens (tertiary/aromatic N) is 1. The van der Waals surface area contributed by atoms with E-state index in [2.05, 4.69) is 21.6 Å². The van der Waals surface area contributed by atoms with Crippen molar-refractivity contribution in [2.75, 3.05) is 40.2 Å². The lowest BCUT2D eigenvalue weighted by molar-refractivity contribution is 0.244. The van der Waals surface area contributed by atoms with Gasteiger partial charge in [0.2, 0.25) is 0 Å². The molecule has 0 radical (unpaired) electrons. The summed E-state index contributed by atoms with van der Waals surface area (Å²) in [5.41, 5.74) is 0.485. The molecule has 1 unspecified atom stereocenters. The highest BCUT2D eigenvalue weighted by Gasteiger charge is 2.17. The van der Waals surface area contributed by atoms with Crippen LogP contribution in [-0.4, -0.2) is 45.8 Å². The van der Waals surface area contributed by atoms with Crippen LogP contribution in [0.2, 0.25) is 5.02 Å². The molecule has 0 saturated heterocycles. The summed E-state index contributed by atoms with van der Waals surface area (Å²) in [6.45, 7) is 0.479. The average Bonchev–Trinajstić information content (AvgIpc) is 3.10. The molecule has 0 spiro atoms. The van der Waals surface area contributed by atoms with Crippen LogP contribution in [-0.2, 0) is 0 Å². The van der Waals surface area contributed by atoms with E-state index in [1.807, 2.05) is 25.5 Å². The molecule has 0 aliphatic carbocycles. The Bertz CT molecular complexity index is 707. The molecule has 136 valence electrons. The first-order valence-electron chi connectivity index (χ1n) is 7.62. The number of hydrogen-bond donors (Lipinski definition) is 2. The van der Waals surface area contributed by atoms with Crippen LogP contribution in [0.5, 0.6) is 11.5 Å². The lowest BCUT2D eigenvalue weighted by Gasteiger charge is -2.23. The van der Waals surface area contributed by atoms with Crippen LogP contribution in [0.3, 0.4) is 0 Å². The molecule has 2 amide bonds. The lowest BCUT2D eigenvalue weighted by Crippen LogP contribution is -2.36. The molecule has 1 aromatic heterocycles. The summed E-state index contributed by atoms with van der Waals surface area (Å²) < 4.78 is 10.4. The molecule has 1 atom stereocenters. The molecule has 2 N–H and O–H groups in total. The Labute approximate surface area is 156 Å². The molecule has 0 aliphatic heterocycles. The second-order valence-corrected chi connectivity index (χ2v) is 6.90. The molecular formula is C17H22ClN3O3S. The fourth-order valence-electron chi connectivity index (χ4n) is 2.33. The van der Waals surface area contributed by atoms with Crippen molar-refractivity contribution in [3.63, 3.8) is 0 Å². The molecule has 6 nitrogen and oxygen atoms in total. The zero-order valence-corrected chi connectivity index (χ0v) is 16.2. The van der Waals surface area contributed by atoms with Gasteiger partial charge in [-0.05, 0) is 25.5 Å². The summed E-state index contributed by atoms with van der Waals surface area (Å²) >= 11 is 7.74. The lowest BCUT2D eigenvalue weighted by atomic mass is 10.2. The molecular weight excluding hydrogens is 362 g/mol. The van der Waals surface area contributed by atoms with Crippen molar-refractivity contribution in [3.05, 3.63) is 39.5 Å². The van der Waals surface area contributed by atoms with Crippen molar-refractivity contribution in [1.82, 2.24) is 10.2 Å². The molecule has 1 heterocycles. The predicted molar refractivity (Wildman–Crippen MR) is 102 cm³/mol. The predicted octanol–water partition coefficient (Wildman–Crippen LogP) is 3.84. The van der Waals surface area contributed by atoms with Crippen molar-refractivity contribution in [3.8, 4) is 11.5 Å². The van der Waals surface area contributed by atoms with Gasteiger partial charge in [-0.3, -0.25) is 0 Å². The van der Waals surface area contributed by atoms with Gasteiger partial charge in [-0.1, -0.05) is 17.7 Å². The van der Waals surface area contributed by atoms with E-state index in [4.69, 9.17) is 21.1 Å². The normalized spacial score (nSPS) is 11.9. The van der Waals surface area contributed by atoms with Crippen LogP contribution in [0.15, 0.2) is 29.6 Å². The van der Waals surface area contributed by atoms with Crippen molar-refractivity contribution in [1.29, 1.82) is 0 Å². The molecule has 8 heteroatoms. The minimum absolute atomic E-state index is 0.104. The average molecular weight is 384 g/mol. The van der Waals surface area contributed by atoms with Gasteiger partial charge in [-0.25, -0.2) is 4.79 Å². The van der Waals surface area contributed by atoms with Crippen molar-refractivity contribution >= 4 is 34.7 Å². The number of ether oxygens (including phenoxy) is 2. The van der Waals surface area contributed by atoms with E-state index in [1.54, 1.807) is 23.5 Å².